The third kappa shape index (κ3) is 5.52. The second-order valence-electron chi connectivity index (χ2n) is 6.27. The summed E-state index contributed by atoms with van der Waals surface area (Å²) < 4.78 is 10.6. The summed E-state index contributed by atoms with van der Waals surface area (Å²) >= 11 is 0. The van der Waals surface area contributed by atoms with Crippen molar-refractivity contribution in [3.63, 3.8) is 0 Å². The van der Waals surface area contributed by atoms with Gasteiger partial charge in [0, 0.05) is 12.2 Å². The minimum atomic E-state index is -0.315. The molecular formula is C21H27NO3. The minimum Gasteiger partial charge on any atom is -0.494 e. The molecule has 134 valence electrons. The zero-order valence-corrected chi connectivity index (χ0v) is 15.5. The molecule has 0 atom stereocenters. The van der Waals surface area contributed by atoms with Gasteiger partial charge in [0.15, 0.2) is 0 Å². The largest absolute Gasteiger partial charge is 0.494 e. The number of anilines is 1. The molecule has 0 spiro atoms. The van der Waals surface area contributed by atoms with Gasteiger partial charge in [0.2, 0.25) is 0 Å². The molecule has 0 saturated heterocycles. The lowest BCUT2D eigenvalue weighted by Gasteiger charge is -2.12. The summed E-state index contributed by atoms with van der Waals surface area (Å²) in [5, 5.41) is 3.31. The van der Waals surface area contributed by atoms with Crippen LogP contribution in [-0.2, 0) is 4.74 Å². The summed E-state index contributed by atoms with van der Waals surface area (Å²) in [4.78, 5) is 11.8. The highest BCUT2D eigenvalue weighted by Crippen LogP contribution is 2.19. The molecule has 25 heavy (non-hydrogen) atoms. The third-order valence-electron chi connectivity index (χ3n) is 4.21. The number of unbranched alkanes of at least 4 members (excludes halogenated alkanes) is 1. The van der Waals surface area contributed by atoms with Crippen LogP contribution in [0.4, 0.5) is 5.69 Å². The Morgan fingerprint density at radius 3 is 2.52 bits per heavy atom. The number of hydrogen-bond donors (Lipinski definition) is 1. The van der Waals surface area contributed by atoms with Gasteiger partial charge in [-0.15, -0.1) is 0 Å². The van der Waals surface area contributed by atoms with Crippen LogP contribution in [0.5, 0.6) is 5.75 Å². The Hall–Kier alpha value is -2.49. The van der Waals surface area contributed by atoms with Crippen molar-refractivity contribution in [3.05, 3.63) is 58.7 Å². The fourth-order valence-electron chi connectivity index (χ4n) is 2.53. The van der Waals surface area contributed by atoms with Gasteiger partial charge in [0.25, 0.3) is 0 Å². The Morgan fingerprint density at radius 2 is 1.80 bits per heavy atom. The van der Waals surface area contributed by atoms with Crippen LogP contribution in [0.1, 0.15) is 39.9 Å². The van der Waals surface area contributed by atoms with E-state index in [9.17, 15) is 4.79 Å². The van der Waals surface area contributed by atoms with Crippen molar-refractivity contribution in [1.29, 1.82) is 0 Å². The summed E-state index contributed by atoms with van der Waals surface area (Å²) in [5.74, 6) is 0.604. The molecule has 2 aromatic carbocycles. The van der Waals surface area contributed by atoms with Gasteiger partial charge in [0.1, 0.15) is 5.75 Å². The predicted molar refractivity (Wildman–Crippen MR) is 102 cm³/mol. The number of benzene rings is 2. The summed E-state index contributed by atoms with van der Waals surface area (Å²) in [5.41, 5.74) is 4.94. The van der Waals surface area contributed by atoms with Gasteiger partial charge in [-0.3, -0.25) is 0 Å². The summed E-state index contributed by atoms with van der Waals surface area (Å²) in [7, 11) is 1.40. The number of ether oxygens (including phenoxy) is 2. The van der Waals surface area contributed by atoms with Gasteiger partial charge in [-0.05, 0) is 69.0 Å². The SMILES string of the molecule is COC(=O)c1cc(C)ccc1NCCCCOc1ccc(C)c(C)c1. The van der Waals surface area contributed by atoms with Crippen LogP contribution in [0, 0.1) is 20.8 Å². The molecule has 0 aliphatic heterocycles. The highest BCUT2D eigenvalue weighted by atomic mass is 16.5. The van der Waals surface area contributed by atoms with Crippen molar-refractivity contribution < 1.29 is 14.3 Å². The zero-order chi connectivity index (χ0) is 18.2. The van der Waals surface area contributed by atoms with Crippen LogP contribution in [0.25, 0.3) is 0 Å². The highest BCUT2D eigenvalue weighted by molar-refractivity contribution is 5.95. The van der Waals surface area contributed by atoms with Gasteiger partial charge in [-0.25, -0.2) is 4.79 Å². The average molecular weight is 341 g/mol. The lowest BCUT2D eigenvalue weighted by atomic mass is 10.1. The van der Waals surface area contributed by atoms with E-state index in [2.05, 4.69) is 31.3 Å². The van der Waals surface area contributed by atoms with E-state index in [4.69, 9.17) is 9.47 Å². The van der Waals surface area contributed by atoms with Crippen molar-refractivity contribution in [2.24, 2.45) is 0 Å². The first kappa shape index (κ1) is 18.8. The van der Waals surface area contributed by atoms with Crippen molar-refractivity contribution in [1.82, 2.24) is 0 Å². The number of aryl methyl sites for hydroxylation is 3. The van der Waals surface area contributed by atoms with Crippen molar-refractivity contribution in [2.45, 2.75) is 33.6 Å². The second kappa shape index (κ2) is 9.11. The first-order valence-corrected chi connectivity index (χ1v) is 8.64. The highest BCUT2D eigenvalue weighted by Gasteiger charge is 2.11. The summed E-state index contributed by atoms with van der Waals surface area (Å²) in [6, 6.07) is 11.9. The molecule has 0 aliphatic rings. The van der Waals surface area contributed by atoms with E-state index in [1.807, 2.05) is 31.2 Å². The Balaban J connectivity index is 1.76. The number of carbonyl (C=O) groups excluding carboxylic acids is 1. The van der Waals surface area contributed by atoms with Crippen LogP contribution < -0.4 is 10.1 Å². The van der Waals surface area contributed by atoms with Gasteiger partial charge in [0.05, 0.1) is 19.3 Å². The lowest BCUT2D eigenvalue weighted by molar-refractivity contribution is 0.0601. The van der Waals surface area contributed by atoms with Crippen LogP contribution in [0.15, 0.2) is 36.4 Å². The standard InChI is InChI=1S/C21H27NO3/c1-15-7-10-20(19(13-15)21(23)24-4)22-11-5-6-12-25-18-9-8-16(2)17(3)14-18/h7-10,13-14,22H,5-6,11-12H2,1-4H3. The van der Waals surface area contributed by atoms with E-state index >= 15 is 0 Å². The van der Waals surface area contributed by atoms with E-state index in [0.717, 1.165) is 36.4 Å². The van der Waals surface area contributed by atoms with Crippen LogP contribution in [-0.4, -0.2) is 26.2 Å². The molecule has 4 nitrogen and oxygen atoms in total. The summed E-state index contributed by atoms with van der Waals surface area (Å²) in [6.45, 7) is 7.61. The average Bonchev–Trinajstić information content (AvgIpc) is 2.61. The number of esters is 1. The second-order valence-corrected chi connectivity index (χ2v) is 6.27. The van der Waals surface area contributed by atoms with Gasteiger partial charge in [-0.1, -0.05) is 17.7 Å². The number of methoxy groups -OCH3 is 1. The molecule has 0 heterocycles. The molecule has 0 aliphatic carbocycles. The zero-order valence-electron chi connectivity index (χ0n) is 15.5. The van der Waals surface area contributed by atoms with Crippen molar-refractivity contribution in [3.8, 4) is 5.75 Å². The first-order valence-electron chi connectivity index (χ1n) is 8.64. The molecule has 0 fully saturated rings. The molecule has 4 heteroatoms. The maximum absolute atomic E-state index is 11.8. The van der Waals surface area contributed by atoms with E-state index in [-0.39, 0.29) is 5.97 Å². The van der Waals surface area contributed by atoms with Gasteiger partial charge >= 0.3 is 5.97 Å². The fourth-order valence-corrected chi connectivity index (χ4v) is 2.53. The van der Waals surface area contributed by atoms with E-state index < -0.39 is 0 Å². The third-order valence-corrected chi connectivity index (χ3v) is 4.21. The Kier molecular flexibility index (Phi) is 6.87. The molecule has 2 rings (SSSR count). The molecule has 2 aromatic rings. The maximum atomic E-state index is 11.8. The maximum Gasteiger partial charge on any atom is 0.339 e. The lowest BCUT2D eigenvalue weighted by Crippen LogP contribution is -2.10. The van der Waals surface area contributed by atoms with Gasteiger partial charge in [-0.2, -0.15) is 0 Å². The first-order chi connectivity index (χ1) is 12.0. The normalized spacial score (nSPS) is 10.4. The molecule has 0 radical (unpaired) electrons. The number of hydrogen-bond acceptors (Lipinski definition) is 4. The van der Waals surface area contributed by atoms with Crippen LogP contribution in [0.2, 0.25) is 0 Å². The smallest absolute Gasteiger partial charge is 0.339 e. The Labute approximate surface area is 150 Å². The monoisotopic (exact) mass is 341 g/mol. The van der Waals surface area contributed by atoms with E-state index in [1.54, 1.807) is 0 Å². The molecule has 1 N–H and O–H groups in total. The quantitative estimate of drug-likeness (QED) is 0.560. The minimum absolute atomic E-state index is 0.315. The van der Waals surface area contributed by atoms with Crippen molar-refractivity contribution in [2.75, 3.05) is 25.6 Å². The molecule has 0 amide bonds. The predicted octanol–water partition coefficient (Wildman–Crippen LogP) is 4.67. The van der Waals surface area contributed by atoms with E-state index in [0.29, 0.717) is 12.2 Å². The number of nitrogens with one attached hydrogen (secondary N) is 1. The van der Waals surface area contributed by atoms with E-state index in [1.165, 1.54) is 18.2 Å². The number of rotatable bonds is 8. The fraction of sp³-hybridized carbons (Fsp3) is 0.381. The molecule has 0 bridgehead atoms. The Morgan fingerprint density at radius 1 is 1.00 bits per heavy atom. The summed E-state index contributed by atoms with van der Waals surface area (Å²) in [6.07, 6.45) is 1.90. The molecule has 0 aromatic heterocycles. The molecule has 0 unspecified atom stereocenters. The number of carbonyl (C=O) groups is 1. The molecular weight excluding hydrogens is 314 g/mol. The van der Waals surface area contributed by atoms with Crippen LogP contribution >= 0.6 is 0 Å². The topological polar surface area (TPSA) is 47.6 Å². The van der Waals surface area contributed by atoms with Crippen molar-refractivity contribution >= 4 is 11.7 Å². The molecule has 0 saturated carbocycles. The van der Waals surface area contributed by atoms with Crippen LogP contribution in [0.3, 0.4) is 0 Å². The Bertz CT molecular complexity index is 725. The van der Waals surface area contributed by atoms with Gasteiger partial charge < -0.3 is 14.8 Å².